The monoisotopic (exact) mass is 332 g/mol. The Morgan fingerprint density at radius 1 is 1.14 bits per heavy atom. The van der Waals surface area contributed by atoms with Gasteiger partial charge >= 0.3 is 6.72 Å². The summed E-state index contributed by atoms with van der Waals surface area (Å²) in [5, 5.41) is 7.77. The van der Waals surface area contributed by atoms with Crippen molar-refractivity contribution >= 4 is 18.5 Å². The van der Waals surface area contributed by atoms with E-state index < -0.39 is 6.72 Å². The summed E-state index contributed by atoms with van der Waals surface area (Å²) in [7, 11) is 0. The average Bonchev–Trinajstić information content (AvgIpc) is 2.35. The van der Waals surface area contributed by atoms with Crippen LogP contribution in [0, 0.1) is 0 Å². The zero-order valence-corrected chi connectivity index (χ0v) is 14.4. The summed E-state index contributed by atoms with van der Waals surface area (Å²) in [5.41, 5.74) is 0. The maximum atomic E-state index is 5.62. The number of hydrogen-bond donors (Lipinski definition) is 0. The van der Waals surface area contributed by atoms with Gasteiger partial charge in [0.1, 0.15) is 6.61 Å². The van der Waals surface area contributed by atoms with Crippen LogP contribution in [0.1, 0.15) is 27.7 Å². The number of aromatic nitrogens is 2. The van der Waals surface area contributed by atoms with Crippen LogP contribution in [0.25, 0.3) is 0 Å². The Bertz CT molecular complexity index is 479. The Morgan fingerprint density at radius 3 is 2.10 bits per heavy atom. The second-order valence-electron chi connectivity index (χ2n) is 4.66. The lowest BCUT2D eigenvalue weighted by Gasteiger charge is -2.25. The molecule has 1 rings (SSSR count). The van der Waals surface area contributed by atoms with Crippen LogP contribution in [0.15, 0.2) is 24.8 Å². The lowest BCUT2D eigenvalue weighted by atomic mass is 10.5. The number of nitrogens with zero attached hydrogens (tertiary/aromatic N) is 2. The Hall–Kier alpha value is -1.01. The standard InChI is InChI=1S/C13H21N2O4PS/c1-6-9-16-12-7-8-13(15-14-12)19-20(21,17-10(2)3)18-11(4)5/h6-8,10-11H,1,9H2,2-5H3. The minimum atomic E-state index is -2.92. The molecular weight excluding hydrogens is 311 g/mol. The van der Waals surface area contributed by atoms with Gasteiger partial charge in [0, 0.05) is 23.9 Å². The van der Waals surface area contributed by atoms with Crippen LogP contribution >= 0.6 is 6.72 Å². The van der Waals surface area contributed by atoms with Crippen LogP contribution in [0.3, 0.4) is 0 Å². The van der Waals surface area contributed by atoms with Gasteiger partial charge in [0.05, 0.1) is 12.2 Å². The smallest absolute Gasteiger partial charge is 0.382 e. The van der Waals surface area contributed by atoms with Gasteiger partial charge in [0.25, 0.3) is 0 Å². The molecule has 6 nitrogen and oxygen atoms in total. The van der Waals surface area contributed by atoms with Crippen molar-refractivity contribution in [3.05, 3.63) is 24.8 Å². The quantitative estimate of drug-likeness (QED) is 0.506. The predicted octanol–water partition coefficient (Wildman–Crippen LogP) is 3.49. The highest BCUT2D eigenvalue weighted by molar-refractivity contribution is 8.07. The summed E-state index contributed by atoms with van der Waals surface area (Å²) in [5.74, 6) is 0.621. The molecule has 0 aliphatic carbocycles. The molecule has 0 radical (unpaired) electrons. The van der Waals surface area contributed by atoms with Gasteiger partial charge < -0.3 is 9.26 Å². The van der Waals surface area contributed by atoms with E-state index in [1.807, 2.05) is 27.7 Å². The van der Waals surface area contributed by atoms with Crippen LogP contribution in [0.4, 0.5) is 0 Å². The van der Waals surface area contributed by atoms with E-state index in [1.165, 1.54) is 0 Å². The number of ether oxygens (including phenoxy) is 1. The van der Waals surface area contributed by atoms with Crippen LogP contribution in [0.2, 0.25) is 0 Å². The molecule has 0 bridgehead atoms. The molecule has 0 N–H and O–H groups in total. The molecule has 21 heavy (non-hydrogen) atoms. The predicted molar refractivity (Wildman–Crippen MR) is 85.1 cm³/mol. The van der Waals surface area contributed by atoms with Crippen molar-refractivity contribution in [2.45, 2.75) is 39.9 Å². The first-order valence-corrected chi connectivity index (χ1v) is 9.14. The molecule has 0 fully saturated rings. The Kier molecular flexibility index (Phi) is 7.25. The highest BCUT2D eigenvalue weighted by Crippen LogP contribution is 2.51. The zero-order valence-electron chi connectivity index (χ0n) is 12.7. The fraction of sp³-hybridized carbons (Fsp3) is 0.538. The SMILES string of the molecule is C=CCOc1ccc(OP(=S)(OC(C)C)OC(C)C)nn1. The molecular formula is C13H21N2O4PS. The minimum absolute atomic E-state index is 0.113. The van der Waals surface area contributed by atoms with E-state index in [4.69, 9.17) is 30.1 Å². The largest absolute Gasteiger partial charge is 0.472 e. The molecule has 0 saturated carbocycles. The van der Waals surface area contributed by atoms with Crippen molar-refractivity contribution in [1.29, 1.82) is 0 Å². The van der Waals surface area contributed by atoms with Crippen LogP contribution in [0.5, 0.6) is 11.8 Å². The van der Waals surface area contributed by atoms with Gasteiger partial charge in [-0.3, -0.25) is 9.05 Å². The van der Waals surface area contributed by atoms with Gasteiger partial charge in [-0.2, -0.15) is 0 Å². The molecule has 0 saturated heterocycles. The van der Waals surface area contributed by atoms with Crippen molar-refractivity contribution in [2.75, 3.05) is 6.61 Å². The van der Waals surface area contributed by atoms with Gasteiger partial charge in [-0.05, 0) is 27.7 Å². The molecule has 8 heteroatoms. The fourth-order valence-electron chi connectivity index (χ4n) is 1.28. The molecule has 0 spiro atoms. The first kappa shape index (κ1) is 18.0. The second kappa shape index (κ2) is 8.44. The summed E-state index contributed by atoms with van der Waals surface area (Å²) in [6.07, 6.45) is 1.40. The molecule has 0 amide bonds. The topological polar surface area (TPSA) is 62.7 Å². The van der Waals surface area contributed by atoms with E-state index in [0.29, 0.717) is 12.5 Å². The van der Waals surface area contributed by atoms with E-state index in [-0.39, 0.29) is 18.1 Å². The summed E-state index contributed by atoms with van der Waals surface area (Å²) in [6.45, 7) is 8.47. The Morgan fingerprint density at radius 2 is 1.67 bits per heavy atom. The first-order valence-electron chi connectivity index (χ1n) is 6.58. The van der Waals surface area contributed by atoms with E-state index in [9.17, 15) is 0 Å². The van der Waals surface area contributed by atoms with E-state index in [2.05, 4.69) is 16.8 Å². The lowest BCUT2D eigenvalue weighted by molar-refractivity contribution is 0.139. The molecule has 0 aliphatic heterocycles. The normalized spacial score (nSPS) is 11.7. The van der Waals surface area contributed by atoms with Gasteiger partial charge in [-0.1, -0.05) is 12.7 Å². The van der Waals surface area contributed by atoms with Gasteiger partial charge in [-0.25, -0.2) is 0 Å². The van der Waals surface area contributed by atoms with Gasteiger partial charge in [0.15, 0.2) is 0 Å². The van der Waals surface area contributed by atoms with E-state index in [0.717, 1.165) is 0 Å². The summed E-state index contributed by atoms with van der Waals surface area (Å²) in [4.78, 5) is 0. The van der Waals surface area contributed by atoms with Crippen molar-refractivity contribution < 1.29 is 18.3 Å². The number of rotatable bonds is 9. The zero-order chi connectivity index (χ0) is 15.9. The molecule has 0 aromatic carbocycles. The molecule has 1 aromatic rings. The second-order valence-corrected chi connectivity index (χ2v) is 7.50. The molecule has 0 unspecified atom stereocenters. The lowest BCUT2D eigenvalue weighted by Crippen LogP contribution is -2.12. The molecule has 1 heterocycles. The average molecular weight is 332 g/mol. The minimum Gasteiger partial charge on any atom is -0.472 e. The van der Waals surface area contributed by atoms with Gasteiger partial charge in [-0.15, -0.1) is 10.2 Å². The van der Waals surface area contributed by atoms with Crippen LogP contribution in [-0.4, -0.2) is 29.0 Å². The van der Waals surface area contributed by atoms with Crippen molar-refractivity contribution in [1.82, 2.24) is 10.2 Å². The Labute approximate surface area is 130 Å². The Balaban J connectivity index is 2.78. The molecule has 1 aromatic heterocycles. The third-order valence-corrected chi connectivity index (χ3v) is 4.36. The van der Waals surface area contributed by atoms with Crippen molar-refractivity contribution in [3.63, 3.8) is 0 Å². The summed E-state index contributed by atoms with van der Waals surface area (Å²) < 4.78 is 22.1. The van der Waals surface area contributed by atoms with Crippen LogP contribution in [-0.2, 0) is 20.9 Å². The summed E-state index contributed by atoms with van der Waals surface area (Å²) >= 11 is 5.37. The maximum Gasteiger partial charge on any atom is 0.382 e. The highest BCUT2D eigenvalue weighted by Gasteiger charge is 2.26. The maximum absolute atomic E-state index is 5.62. The van der Waals surface area contributed by atoms with Crippen molar-refractivity contribution in [3.8, 4) is 11.8 Å². The van der Waals surface area contributed by atoms with Crippen LogP contribution < -0.4 is 9.26 Å². The third-order valence-electron chi connectivity index (χ3n) is 1.85. The fourth-order valence-corrected chi connectivity index (χ4v) is 4.03. The van der Waals surface area contributed by atoms with E-state index >= 15 is 0 Å². The highest BCUT2D eigenvalue weighted by atomic mass is 32.5. The molecule has 0 aliphatic rings. The molecule has 118 valence electrons. The number of hydrogen-bond acceptors (Lipinski definition) is 7. The molecule has 0 atom stereocenters. The summed E-state index contributed by atoms with van der Waals surface area (Å²) in [6, 6.07) is 3.25. The van der Waals surface area contributed by atoms with Crippen molar-refractivity contribution in [2.24, 2.45) is 0 Å². The van der Waals surface area contributed by atoms with Gasteiger partial charge in [0.2, 0.25) is 11.8 Å². The van der Waals surface area contributed by atoms with E-state index in [1.54, 1.807) is 18.2 Å². The first-order chi connectivity index (χ1) is 9.84. The third kappa shape index (κ3) is 7.00.